The van der Waals surface area contributed by atoms with E-state index in [1.54, 1.807) is 18.8 Å². The number of carbonyl (C=O) groups is 1. The minimum atomic E-state index is -0.274. The molecule has 0 fully saturated rings. The Morgan fingerprint density at radius 1 is 1.43 bits per heavy atom. The van der Waals surface area contributed by atoms with E-state index in [0.29, 0.717) is 12.4 Å². The SMILES string of the molecule is COC(CN)CC(=O)Nc1cc(-c2ccccc2C)nn1C.Cl. The number of rotatable bonds is 6. The summed E-state index contributed by atoms with van der Waals surface area (Å²) in [5, 5.41) is 7.31. The van der Waals surface area contributed by atoms with Crippen LogP contribution in [0.2, 0.25) is 0 Å². The second-order valence-electron chi connectivity index (χ2n) is 5.20. The fraction of sp³-hybridized carbons (Fsp3) is 0.375. The predicted octanol–water partition coefficient (Wildman–Crippen LogP) is 2.12. The van der Waals surface area contributed by atoms with Crippen LogP contribution < -0.4 is 11.1 Å². The molecular formula is C16H23ClN4O2. The summed E-state index contributed by atoms with van der Waals surface area (Å²) in [5.41, 5.74) is 8.55. The number of nitrogens with two attached hydrogens (primary N) is 1. The van der Waals surface area contributed by atoms with Gasteiger partial charge in [0, 0.05) is 32.3 Å². The zero-order valence-corrected chi connectivity index (χ0v) is 14.4. The molecule has 1 unspecified atom stereocenters. The molecular weight excluding hydrogens is 316 g/mol. The average Bonchev–Trinajstić information content (AvgIpc) is 2.86. The second kappa shape index (κ2) is 8.67. The molecule has 2 rings (SSSR count). The van der Waals surface area contributed by atoms with E-state index in [2.05, 4.69) is 10.4 Å². The fourth-order valence-electron chi connectivity index (χ4n) is 2.24. The van der Waals surface area contributed by atoms with Gasteiger partial charge in [-0.15, -0.1) is 12.4 Å². The Balaban J connectivity index is 0.00000264. The Morgan fingerprint density at radius 3 is 2.74 bits per heavy atom. The summed E-state index contributed by atoms with van der Waals surface area (Å²) in [7, 11) is 3.35. The number of benzene rings is 1. The standard InChI is InChI=1S/C16H22N4O2.ClH/c1-11-6-4-5-7-13(11)14-9-15(20(2)19-14)18-16(21)8-12(10-17)22-3;/h4-7,9,12H,8,10,17H2,1-3H3,(H,18,21);1H. The summed E-state index contributed by atoms with van der Waals surface area (Å²) in [6.45, 7) is 2.34. The number of ether oxygens (including phenoxy) is 1. The first-order valence-corrected chi connectivity index (χ1v) is 7.18. The van der Waals surface area contributed by atoms with Crippen molar-refractivity contribution in [2.45, 2.75) is 19.4 Å². The van der Waals surface area contributed by atoms with Crippen molar-refractivity contribution in [3.8, 4) is 11.3 Å². The normalized spacial score (nSPS) is 11.7. The van der Waals surface area contributed by atoms with Crippen LogP contribution >= 0.6 is 12.4 Å². The Bertz CT molecular complexity index is 653. The molecule has 1 aromatic heterocycles. The number of carbonyl (C=O) groups excluding carboxylic acids is 1. The van der Waals surface area contributed by atoms with Crippen LogP contribution in [-0.2, 0) is 16.6 Å². The van der Waals surface area contributed by atoms with Crippen molar-refractivity contribution in [1.29, 1.82) is 0 Å². The molecule has 1 heterocycles. The number of nitrogens with one attached hydrogen (secondary N) is 1. The molecule has 7 heteroatoms. The van der Waals surface area contributed by atoms with Gasteiger partial charge in [-0.25, -0.2) is 0 Å². The van der Waals surface area contributed by atoms with E-state index in [0.717, 1.165) is 16.8 Å². The molecule has 23 heavy (non-hydrogen) atoms. The molecule has 0 radical (unpaired) electrons. The van der Waals surface area contributed by atoms with Crippen molar-refractivity contribution in [1.82, 2.24) is 9.78 Å². The first-order valence-electron chi connectivity index (χ1n) is 7.18. The maximum Gasteiger partial charge on any atom is 0.228 e. The number of halogens is 1. The smallest absolute Gasteiger partial charge is 0.228 e. The molecule has 0 saturated carbocycles. The summed E-state index contributed by atoms with van der Waals surface area (Å²) >= 11 is 0. The van der Waals surface area contributed by atoms with Gasteiger partial charge in [-0.2, -0.15) is 5.10 Å². The molecule has 1 aromatic carbocycles. The Kier molecular flexibility index (Phi) is 7.22. The zero-order valence-electron chi connectivity index (χ0n) is 13.6. The monoisotopic (exact) mass is 338 g/mol. The number of aromatic nitrogens is 2. The first kappa shape index (κ1) is 19.2. The zero-order chi connectivity index (χ0) is 16.1. The number of amides is 1. The highest BCUT2D eigenvalue weighted by molar-refractivity contribution is 5.90. The highest BCUT2D eigenvalue weighted by Gasteiger charge is 2.15. The largest absolute Gasteiger partial charge is 0.380 e. The van der Waals surface area contributed by atoms with Gasteiger partial charge in [0.15, 0.2) is 0 Å². The van der Waals surface area contributed by atoms with Crippen LogP contribution in [0.4, 0.5) is 5.82 Å². The topological polar surface area (TPSA) is 82.2 Å². The molecule has 3 N–H and O–H groups in total. The molecule has 2 aromatic rings. The van der Waals surface area contributed by atoms with Gasteiger partial charge in [-0.1, -0.05) is 24.3 Å². The molecule has 6 nitrogen and oxygen atoms in total. The number of hydrogen-bond acceptors (Lipinski definition) is 4. The lowest BCUT2D eigenvalue weighted by Gasteiger charge is -2.12. The van der Waals surface area contributed by atoms with Crippen LogP contribution in [0.25, 0.3) is 11.3 Å². The number of nitrogens with zero attached hydrogens (tertiary/aromatic N) is 2. The van der Waals surface area contributed by atoms with E-state index in [1.165, 1.54) is 0 Å². The molecule has 0 aliphatic heterocycles. The van der Waals surface area contributed by atoms with Gasteiger partial charge in [0.25, 0.3) is 0 Å². The van der Waals surface area contributed by atoms with Crippen molar-refractivity contribution in [2.75, 3.05) is 19.0 Å². The summed E-state index contributed by atoms with van der Waals surface area (Å²) in [5.74, 6) is 0.506. The number of methoxy groups -OCH3 is 1. The maximum absolute atomic E-state index is 12.0. The van der Waals surface area contributed by atoms with Crippen LogP contribution in [0, 0.1) is 6.92 Å². The van der Waals surface area contributed by atoms with Gasteiger partial charge in [0.05, 0.1) is 18.2 Å². The summed E-state index contributed by atoms with van der Waals surface area (Å²) in [6, 6.07) is 9.87. The quantitative estimate of drug-likeness (QED) is 0.845. The Hall–Kier alpha value is -1.89. The molecule has 0 aliphatic carbocycles. The molecule has 1 atom stereocenters. The molecule has 0 spiro atoms. The van der Waals surface area contributed by atoms with Gasteiger partial charge in [0.1, 0.15) is 5.82 Å². The third-order valence-electron chi connectivity index (χ3n) is 3.58. The van der Waals surface area contributed by atoms with E-state index in [4.69, 9.17) is 10.5 Å². The van der Waals surface area contributed by atoms with Crippen molar-refractivity contribution < 1.29 is 9.53 Å². The summed E-state index contributed by atoms with van der Waals surface area (Å²) in [6.07, 6.45) is -0.0539. The second-order valence-corrected chi connectivity index (χ2v) is 5.20. The van der Waals surface area contributed by atoms with Gasteiger partial charge in [-0.3, -0.25) is 9.48 Å². The molecule has 0 saturated heterocycles. The van der Waals surface area contributed by atoms with Crippen LogP contribution in [-0.4, -0.2) is 35.4 Å². The molecule has 126 valence electrons. The fourth-order valence-corrected chi connectivity index (χ4v) is 2.24. The van der Waals surface area contributed by atoms with E-state index in [1.807, 2.05) is 37.3 Å². The van der Waals surface area contributed by atoms with Crippen molar-refractivity contribution in [2.24, 2.45) is 12.8 Å². The van der Waals surface area contributed by atoms with Gasteiger partial charge < -0.3 is 15.8 Å². The van der Waals surface area contributed by atoms with Crippen LogP contribution in [0.5, 0.6) is 0 Å². The lowest BCUT2D eigenvalue weighted by atomic mass is 10.1. The number of anilines is 1. The third kappa shape index (κ3) is 4.79. The van der Waals surface area contributed by atoms with Gasteiger partial charge in [0.2, 0.25) is 5.91 Å². The number of hydrogen-bond donors (Lipinski definition) is 2. The molecule has 0 aliphatic rings. The van der Waals surface area contributed by atoms with Crippen molar-refractivity contribution in [3.05, 3.63) is 35.9 Å². The minimum Gasteiger partial charge on any atom is -0.380 e. The minimum absolute atomic E-state index is 0. The Labute approximate surface area is 142 Å². The lowest BCUT2D eigenvalue weighted by molar-refractivity contribution is -0.118. The highest BCUT2D eigenvalue weighted by atomic mass is 35.5. The third-order valence-corrected chi connectivity index (χ3v) is 3.58. The van der Waals surface area contributed by atoms with Crippen molar-refractivity contribution in [3.63, 3.8) is 0 Å². The first-order chi connectivity index (χ1) is 10.5. The van der Waals surface area contributed by atoms with E-state index < -0.39 is 0 Å². The van der Waals surface area contributed by atoms with E-state index in [9.17, 15) is 4.79 Å². The van der Waals surface area contributed by atoms with Gasteiger partial charge in [-0.05, 0) is 12.5 Å². The van der Waals surface area contributed by atoms with Crippen LogP contribution in [0.1, 0.15) is 12.0 Å². The Morgan fingerprint density at radius 2 is 2.13 bits per heavy atom. The predicted molar refractivity (Wildman–Crippen MR) is 93.7 cm³/mol. The number of aryl methyl sites for hydroxylation is 2. The average molecular weight is 339 g/mol. The van der Waals surface area contributed by atoms with Crippen LogP contribution in [0.15, 0.2) is 30.3 Å². The summed E-state index contributed by atoms with van der Waals surface area (Å²) < 4.78 is 6.78. The highest BCUT2D eigenvalue weighted by Crippen LogP contribution is 2.24. The summed E-state index contributed by atoms with van der Waals surface area (Å²) in [4.78, 5) is 12.0. The molecule has 0 bridgehead atoms. The van der Waals surface area contributed by atoms with E-state index in [-0.39, 0.29) is 30.8 Å². The van der Waals surface area contributed by atoms with Crippen LogP contribution in [0.3, 0.4) is 0 Å². The van der Waals surface area contributed by atoms with E-state index >= 15 is 0 Å². The lowest BCUT2D eigenvalue weighted by Crippen LogP contribution is -2.28. The van der Waals surface area contributed by atoms with Gasteiger partial charge >= 0.3 is 0 Å². The van der Waals surface area contributed by atoms with Crippen molar-refractivity contribution >= 4 is 24.1 Å². The maximum atomic E-state index is 12.0. The molecule has 1 amide bonds.